The topological polar surface area (TPSA) is 72.5 Å². The highest BCUT2D eigenvalue weighted by molar-refractivity contribution is 5.92. The fourth-order valence-electron chi connectivity index (χ4n) is 3.05. The number of nitrogens with zero attached hydrogens (tertiary/aromatic N) is 1. The molecule has 2 aromatic rings. The molecule has 0 unspecified atom stereocenters. The number of esters is 1. The van der Waals surface area contributed by atoms with Crippen LogP contribution in [0, 0.1) is 0 Å². The van der Waals surface area contributed by atoms with Gasteiger partial charge in [-0.25, -0.2) is 4.79 Å². The smallest absolute Gasteiger partial charge is 0.335 e. The first kappa shape index (κ1) is 18.0. The van der Waals surface area contributed by atoms with Crippen LogP contribution in [0.25, 0.3) is 10.9 Å². The number of allylic oxidation sites excluding steroid dienone is 1. The molecule has 0 bridgehead atoms. The molecule has 3 rings (SSSR count). The Hall–Kier alpha value is -2.76. The second-order valence-electron chi connectivity index (χ2n) is 6.30. The first-order valence-electron chi connectivity index (χ1n) is 8.96. The summed E-state index contributed by atoms with van der Waals surface area (Å²) < 4.78 is 10.3. The molecule has 2 N–H and O–H groups in total. The summed E-state index contributed by atoms with van der Waals surface area (Å²) in [6, 6.07) is 7.92. The molecule has 1 aromatic carbocycles. The van der Waals surface area contributed by atoms with E-state index in [9.17, 15) is 4.79 Å². The van der Waals surface area contributed by atoms with Crippen LogP contribution in [-0.2, 0) is 9.53 Å². The SMILES string of the molecule is COc1cc(NCCCCN/C(C)=C2\CCOC2=O)c2ncccc2c1. The maximum Gasteiger partial charge on any atom is 0.335 e. The molecule has 0 saturated carbocycles. The van der Waals surface area contributed by atoms with Crippen molar-refractivity contribution in [1.29, 1.82) is 0 Å². The van der Waals surface area contributed by atoms with Gasteiger partial charge in [-0.2, -0.15) is 0 Å². The highest BCUT2D eigenvalue weighted by Crippen LogP contribution is 2.27. The van der Waals surface area contributed by atoms with E-state index in [4.69, 9.17) is 9.47 Å². The van der Waals surface area contributed by atoms with Gasteiger partial charge in [-0.3, -0.25) is 4.98 Å². The third-order valence-electron chi connectivity index (χ3n) is 4.51. The normalized spacial score (nSPS) is 15.7. The summed E-state index contributed by atoms with van der Waals surface area (Å²) in [5.41, 5.74) is 3.65. The minimum absolute atomic E-state index is 0.186. The van der Waals surface area contributed by atoms with Crippen LogP contribution in [-0.4, -0.2) is 37.8 Å². The number of nitrogens with one attached hydrogen (secondary N) is 2. The Morgan fingerprint density at radius 2 is 2.15 bits per heavy atom. The van der Waals surface area contributed by atoms with Crippen LogP contribution in [0.5, 0.6) is 5.75 Å². The zero-order valence-corrected chi connectivity index (χ0v) is 15.3. The quantitative estimate of drug-likeness (QED) is 0.430. The molecule has 0 atom stereocenters. The number of carbonyl (C=O) groups is 1. The minimum atomic E-state index is -0.186. The van der Waals surface area contributed by atoms with Crippen molar-refractivity contribution in [3.8, 4) is 5.75 Å². The number of benzene rings is 1. The minimum Gasteiger partial charge on any atom is -0.497 e. The van der Waals surface area contributed by atoms with E-state index in [1.165, 1.54) is 0 Å². The van der Waals surface area contributed by atoms with Gasteiger partial charge in [0, 0.05) is 42.9 Å². The molecule has 2 heterocycles. The average Bonchev–Trinajstić information content (AvgIpc) is 3.10. The molecule has 1 aliphatic rings. The molecule has 0 radical (unpaired) electrons. The zero-order valence-electron chi connectivity index (χ0n) is 15.3. The first-order valence-corrected chi connectivity index (χ1v) is 8.96. The van der Waals surface area contributed by atoms with Crippen LogP contribution in [0.1, 0.15) is 26.2 Å². The van der Waals surface area contributed by atoms with Crippen molar-refractivity contribution in [3.63, 3.8) is 0 Å². The fourth-order valence-corrected chi connectivity index (χ4v) is 3.05. The molecule has 0 spiro atoms. The van der Waals surface area contributed by atoms with Crippen LogP contribution in [0.15, 0.2) is 41.7 Å². The summed E-state index contributed by atoms with van der Waals surface area (Å²) in [5.74, 6) is 0.634. The Labute approximate surface area is 153 Å². The van der Waals surface area contributed by atoms with Gasteiger partial charge >= 0.3 is 5.97 Å². The van der Waals surface area contributed by atoms with Crippen molar-refractivity contribution in [2.45, 2.75) is 26.2 Å². The van der Waals surface area contributed by atoms with E-state index in [0.29, 0.717) is 13.0 Å². The van der Waals surface area contributed by atoms with E-state index in [2.05, 4.69) is 15.6 Å². The Morgan fingerprint density at radius 3 is 2.92 bits per heavy atom. The van der Waals surface area contributed by atoms with Crippen molar-refractivity contribution in [2.75, 3.05) is 32.1 Å². The molecule has 1 aliphatic heterocycles. The maximum atomic E-state index is 11.5. The number of anilines is 1. The van der Waals surface area contributed by atoms with Crippen molar-refractivity contribution in [3.05, 3.63) is 41.7 Å². The molecule has 1 fully saturated rings. The van der Waals surface area contributed by atoms with Gasteiger partial charge in [0.25, 0.3) is 0 Å². The zero-order chi connectivity index (χ0) is 18.4. The van der Waals surface area contributed by atoms with Gasteiger partial charge in [0.15, 0.2) is 0 Å². The van der Waals surface area contributed by atoms with Crippen LogP contribution in [0.2, 0.25) is 0 Å². The van der Waals surface area contributed by atoms with Gasteiger partial charge in [0.2, 0.25) is 0 Å². The van der Waals surface area contributed by atoms with Crippen molar-refractivity contribution < 1.29 is 14.3 Å². The standard InChI is InChI=1S/C20H25N3O3/c1-14(17-7-11-26-20(17)24)21-8-3-4-9-22-18-13-16(25-2)12-15-6-5-10-23-19(15)18/h5-6,10,12-13,21-22H,3-4,7-9,11H2,1-2H3/b17-14+. The van der Waals surface area contributed by atoms with Gasteiger partial charge < -0.3 is 20.1 Å². The summed E-state index contributed by atoms with van der Waals surface area (Å²) in [6.45, 7) is 4.12. The second-order valence-corrected chi connectivity index (χ2v) is 6.30. The fraction of sp³-hybridized carbons (Fsp3) is 0.400. The number of ether oxygens (including phenoxy) is 2. The number of rotatable bonds is 8. The molecule has 1 aromatic heterocycles. The van der Waals surface area contributed by atoms with Crippen molar-refractivity contribution in [1.82, 2.24) is 10.3 Å². The van der Waals surface area contributed by atoms with E-state index in [1.54, 1.807) is 13.3 Å². The van der Waals surface area contributed by atoms with E-state index in [0.717, 1.165) is 59.5 Å². The molecule has 6 heteroatoms. The highest BCUT2D eigenvalue weighted by Gasteiger charge is 2.20. The van der Waals surface area contributed by atoms with Gasteiger partial charge in [0.05, 0.1) is 30.5 Å². The lowest BCUT2D eigenvalue weighted by Crippen LogP contribution is -2.17. The first-order chi connectivity index (χ1) is 12.7. The molecule has 0 amide bonds. The Bertz CT molecular complexity index is 817. The number of hydrogen-bond donors (Lipinski definition) is 2. The number of carbonyl (C=O) groups excluding carboxylic acids is 1. The number of pyridine rings is 1. The van der Waals surface area contributed by atoms with Crippen LogP contribution in [0.3, 0.4) is 0 Å². The van der Waals surface area contributed by atoms with Gasteiger partial charge in [-0.1, -0.05) is 6.07 Å². The predicted octanol–water partition coefficient (Wildman–Crippen LogP) is 3.25. The van der Waals surface area contributed by atoms with E-state index in [1.807, 2.05) is 31.2 Å². The second kappa shape index (κ2) is 8.56. The van der Waals surface area contributed by atoms with E-state index in [-0.39, 0.29) is 5.97 Å². The molecule has 26 heavy (non-hydrogen) atoms. The number of aromatic nitrogens is 1. The van der Waals surface area contributed by atoms with Crippen molar-refractivity contribution >= 4 is 22.6 Å². The summed E-state index contributed by atoms with van der Waals surface area (Å²) >= 11 is 0. The third-order valence-corrected chi connectivity index (χ3v) is 4.51. The maximum absolute atomic E-state index is 11.5. The molecule has 6 nitrogen and oxygen atoms in total. The van der Waals surface area contributed by atoms with E-state index < -0.39 is 0 Å². The van der Waals surface area contributed by atoms with Crippen LogP contribution < -0.4 is 15.4 Å². The van der Waals surface area contributed by atoms with Crippen molar-refractivity contribution in [2.24, 2.45) is 0 Å². The van der Waals surface area contributed by atoms with E-state index >= 15 is 0 Å². The molecular formula is C20H25N3O3. The molecular weight excluding hydrogens is 330 g/mol. The lowest BCUT2D eigenvalue weighted by molar-refractivity contribution is -0.135. The third kappa shape index (κ3) is 4.25. The van der Waals surface area contributed by atoms with Gasteiger partial charge in [0.1, 0.15) is 5.75 Å². The summed E-state index contributed by atoms with van der Waals surface area (Å²) in [7, 11) is 1.67. The number of unbranched alkanes of at least 4 members (excludes halogenated alkanes) is 1. The molecule has 1 saturated heterocycles. The number of methoxy groups -OCH3 is 1. The summed E-state index contributed by atoms with van der Waals surface area (Å²) in [4.78, 5) is 16.0. The summed E-state index contributed by atoms with van der Waals surface area (Å²) in [6.07, 6.45) is 4.51. The molecule has 0 aliphatic carbocycles. The lowest BCUT2D eigenvalue weighted by Gasteiger charge is -2.12. The monoisotopic (exact) mass is 355 g/mol. The number of fused-ring (bicyclic) bond motifs is 1. The van der Waals surface area contributed by atoms with Crippen LogP contribution >= 0.6 is 0 Å². The Kier molecular flexibility index (Phi) is 5.94. The van der Waals surface area contributed by atoms with Gasteiger partial charge in [-0.05, 0) is 31.9 Å². The number of hydrogen-bond acceptors (Lipinski definition) is 6. The van der Waals surface area contributed by atoms with Gasteiger partial charge in [-0.15, -0.1) is 0 Å². The highest BCUT2D eigenvalue weighted by atomic mass is 16.5. The predicted molar refractivity (Wildman–Crippen MR) is 102 cm³/mol. The Morgan fingerprint density at radius 1 is 1.31 bits per heavy atom. The lowest BCUT2D eigenvalue weighted by atomic mass is 10.1. The number of cyclic esters (lactones) is 1. The summed E-state index contributed by atoms with van der Waals surface area (Å²) in [5, 5.41) is 7.83. The average molecular weight is 355 g/mol. The Balaban J connectivity index is 1.48. The molecule has 138 valence electrons. The largest absolute Gasteiger partial charge is 0.497 e. The van der Waals surface area contributed by atoms with Crippen LogP contribution in [0.4, 0.5) is 5.69 Å².